The standard InChI is InChI=1S/C17H19F3O4/c1-3-24-14(21)9-16(10-17(18,19)20)7-6-11-8-12(23-2)4-5-13(11)15(16)22/h4-5,8H,3,6-7,9-10H2,1-2H3. The highest BCUT2D eigenvalue weighted by Crippen LogP contribution is 2.46. The monoisotopic (exact) mass is 344 g/mol. The predicted octanol–water partition coefficient (Wildman–Crippen LogP) is 3.72. The Bertz CT molecular complexity index is 639. The Morgan fingerprint density at radius 1 is 1.33 bits per heavy atom. The van der Waals surface area contributed by atoms with Crippen molar-refractivity contribution in [1.82, 2.24) is 0 Å². The van der Waals surface area contributed by atoms with Crippen molar-refractivity contribution >= 4 is 11.8 Å². The second-order valence-corrected chi connectivity index (χ2v) is 5.91. The van der Waals surface area contributed by atoms with Gasteiger partial charge in [0.1, 0.15) is 5.75 Å². The number of alkyl halides is 3. The van der Waals surface area contributed by atoms with Crippen molar-refractivity contribution in [2.45, 2.75) is 38.8 Å². The third-order valence-corrected chi connectivity index (χ3v) is 4.24. The molecule has 0 fully saturated rings. The molecule has 1 aliphatic rings. The molecule has 4 nitrogen and oxygen atoms in total. The van der Waals surface area contributed by atoms with Gasteiger partial charge in [0.15, 0.2) is 5.78 Å². The fraction of sp³-hybridized carbons (Fsp3) is 0.529. The van der Waals surface area contributed by atoms with E-state index in [9.17, 15) is 22.8 Å². The number of carbonyl (C=O) groups excluding carboxylic acids is 2. The average molecular weight is 344 g/mol. The number of hydrogen-bond donors (Lipinski definition) is 0. The summed E-state index contributed by atoms with van der Waals surface area (Å²) in [5.41, 5.74) is -0.942. The number of rotatable bonds is 5. The molecule has 1 atom stereocenters. The lowest BCUT2D eigenvalue weighted by atomic mass is 9.66. The first-order valence-electron chi connectivity index (χ1n) is 7.65. The summed E-state index contributed by atoms with van der Waals surface area (Å²) in [4.78, 5) is 24.6. The molecular formula is C17H19F3O4. The second-order valence-electron chi connectivity index (χ2n) is 5.91. The van der Waals surface area contributed by atoms with Crippen molar-refractivity contribution in [3.63, 3.8) is 0 Å². The van der Waals surface area contributed by atoms with Crippen LogP contribution in [0.2, 0.25) is 0 Å². The molecule has 0 N–H and O–H groups in total. The van der Waals surface area contributed by atoms with E-state index in [4.69, 9.17) is 9.47 Å². The maximum Gasteiger partial charge on any atom is 0.390 e. The van der Waals surface area contributed by atoms with Crippen LogP contribution in [0.5, 0.6) is 5.75 Å². The third-order valence-electron chi connectivity index (χ3n) is 4.24. The Hall–Kier alpha value is -2.05. The average Bonchev–Trinajstić information content (AvgIpc) is 2.49. The van der Waals surface area contributed by atoms with E-state index in [2.05, 4.69) is 0 Å². The molecule has 7 heteroatoms. The van der Waals surface area contributed by atoms with Gasteiger partial charge in [-0.2, -0.15) is 13.2 Å². The van der Waals surface area contributed by atoms with Crippen LogP contribution in [0.3, 0.4) is 0 Å². The SMILES string of the molecule is CCOC(=O)CC1(CC(F)(F)F)CCc2cc(OC)ccc2C1=O. The maximum absolute atomic E-state index is 13.1. The number of ether oxygens (including phenoxy) is 2. The van der Waals surface area contributed by atoms with Crippen molar-refractivity contribution in [2.24, 2.45) is 5.41 Å². The first-order valence-corrected chi connectivity index (χ1v) is 7.65. The van der Waals surface area contributed by atoms with Crippen LogP contribution in [0, 0.1) is 5.41 Å². The van der Waals surface area contributed by atoms with Gasteiger partial charge >= 0.3 is 12.1 Å². The van der Waals surface area contributed by atoms with Crippen LogP contribution in [0.15, 0.2) is 18.2 Å². The van der Waals surface area contributed by atoms with Crippen LogP contribution in [-0.4, -0.2) is 31.6 Å². The van der Waals surface area contributed by atoms with Gasteiger partial charge in [0.25, 0.3) is 0 Å². The number of esters is 1. The van der Waals surface area contributed by atoms with Gasteiger partial charge in [-0.15, -0.1) is 0 Å². The van der Waals surface area contributed by atoms with Crippen LogP contribution >= 0.6 is 0 Å². The minimum atomic E-state index is -4.55. The van der Waals surface area contributed by atoms with Crippen molar-refractivity contribution in [3.05, 3.63) is 29.3 Å². The number of fused-ring (bicyclic) bond motifs is 1. The van der Waals surface area contributed by atoms with Crippen molar-refractivity contribution in [1.29, 1.82) is 0 Å². The Morgan fingerprint density at radius 3 is 2.62 bits per heavy atom. The molecule has 0 heterocycles. The molecule has 1 aliphatic carbocycles. The van der Waals surface area contributed by atoms with Crippen molar-refractivity contribution in [2.75, 3.05) is 13.7 Å². The number of aryl methyl sites for hydroxylation is 1. The Morgan fingerprint density at radius 2 is 2.04 bits per heavy atom. The molecule has 0 aromatic heterocycles. The Kier molecular flexibility index (Phi) is 5.20. The van der Waals surface area contributed by atoms with Crippen LogP contribution in [-0.2, 0) is 16.0 Å². The topological polar surface area (TPSA) is 52.6 Å². The molecule has 0 spiro atoms. The zero-order chi connectivity index (χ0) is 18.0. The first-order chi connectivity index (χ1) is 11.2. The van der Waals surface area contributed by atoms with Gasteiger partial charge in [-0.1, -0.05) is 0 Å². The van der Waals surface area contributed by atoms with Crippen molar-refractivity contribution in [3.8, 4) is 5.75 Å². The Labute approximate surface area is 137 Å². The molecule has 0 saturated heterocycles. The summed E-state index contributed by atoms with van der Waals surface area (Å²) in [5.74, 6) is -0.904. The quantitative estimate of drug-likeness (QED) is 0.764. The zero-order valence-corrected chi connectivity index (χ0v) is 13.5. The number of methoxy groups -OCH3 is 1. The van der Waals surface area contributed by atoms with E-state index in [1.807, 2.05) is 0 Å². The van der Waals surface area contributed by atoms with Gasteiger partial charge in [-0.05, 0) is 43.5 Å². The van der Waals surface area contributed by atoms with E-state index in [-0.39, 0.29) is 25.0 Å². The van der Waals surface area contributed by atoms with Gasteiger partial charge in [-0.3, -0.25) is 9.59 Å². The van der Waals surface area contributed by atoms with Gasteiger partial charge in [0.2, 0.25) is 0 Å². The van der Waals surface area contributed by atoms with E-state index < -0.39 is 36.2 Å². The summed E-state index contributed by atoms with van der Waals surface area (Å²) in [6, 6.07) is 4.64. The number of halogens is 3. The third kappa shape index (κ3) is 3.88. The van der Waals surface area contributed by atoms with Gasteiger partial charge < -0.3 is 9.47 Å². The largest absolute Gasteiger partial charge is 0.497 e. The van der Waals surface area contributed by atoms with Crippen LogP contribution in [0.4, 0.5) is 13.2 Å². The predicted molar refractivity (Wildman–Crippen MR) is 80.0 cm³/mol. The molecule has 0 amide bonds. The van der Waals surface area contributed by atoms with Crippen LogP contribution in [0.1, 0.15) is 42.1 Å². The van der Waals surface area contributed by atoms with Gasteiger partial charge in [-0.25, -0.2) is 0 Å². The zero-order valence-electron chi connectivity index (χ0n) is 13.5. The highest BCUT2D eigenvalue weighted by molar-refractivity contribution is 6.04. The van der Waals surface area contributed by atoms with E-state index in [1.54, 1.807) is 13.0 Å². The molecule has 0 saturated carbocycles. The minimum absolute atomic E-state index is 0.0513. The maximum atomic E-state index is 13.1. The molecule has 1 unspecified atom stereocenters. The van der Waals surface area contributed by atoms with E-state index in [0.717, 1.165) is 0 Å². The molecule has 0 radical (unpaired) electrons. The minimum Gasteiger partial charge on any atom is -0.497 e. The highest BCUT2D eigenvalue weighted by Gasteiger charge is 2.51. The second kappa shape index (κ2) is 6.83. The summed E-state index contributed by atoms with van der Waals surface area (Å²) in [6.07, 6.45) is -6.22. The molecule has 1 aromatic rings. The fourth-order valence-electron chi connectivity index (χ4n) is 3.17. The first kappa shape index (κ1) is 18.3. The fourth-order valence-corrected chi connectivity index (χ4v) is 3.17. The number of benzene rings is 1. The van der Waals surface area contributed by atoms with Crippen LogP contribution < -0.4 is 4.74 Å². The molecule has 2 rings (SSSR count). The molecule has 24 heavy (non-hydrogen) atoms. The molecular weight excluding hydrogens is 325 g/mol. The summed E-state index contributed by atoms with van der Waals surface area (Å²) < 4.78 is 49.1. The lowest BCUT2D eigenvalue weighted by Crippen LogP contribution is -2.42. The Balaban J connectivity index is 2.40. The molecule has 0 aliphatic heterocycles. The normalized spacial score (nSPS) is 20.5. The van der Waals surface area contributed by atoms with E-state index in [0.29, 0.717) is 11.3 Å². The van der Waals surface area contributed by atoms with Crippen LogP contribution in [0.25, 0.3) is 0 Å². The smallest absolute Gasteiger partial charge is 0.390 e. The number of hydrogen-bond acceptors (Lipinski definition) is 4. The number of Topliss-reactive ketones (excluding diaryl/α,β-unsaturated/α-hetero) is 1. The summed E-state index contributed by atoms with van der Waals surface area (Å²) >= 11 is 0. The number of carbonyl (C=O) groups is 2. The van der Waals surface area contributed by atoms with E-state index in [1.165, 1.54) is 19.2 Å². The lowest BCUT2D eigenvalue weighted by Gasteiger charge is -2.36. The van der Waals surface area contributed by atoms with Gasteiger partial charge in [0.05, 0.1) is 32.0 Å². The van der Waals surface area contributed by atoms with E-state index >= 15 is 0 Å². The lowest BCUT2D eigenvalue weighted by molar-refractivity contribution is -0.162. The molecule has 1 aromatic carbocycles. The highest BCUT2D eigenvalue weighted by atomic mass is 19.4. The summed E-state index contributed by atoms with van der Waals surface area (Å²) in [7, 11) is 1.47. The summed E-state index contributed by atoms with van der Waals surface area (Å²) in [5, 5.41) is 0. The summed E-state index contributed by atoms with van der Waals surface area (Å²) in [6.45, 7) is 1.63. The number of ketones is 1. The van der Waals surface area contributed by atoms with Gasteiger partial charge in [0, 0.05) is 5.56 Å². The van der Waals surface area contributed by atoms with Crippen molar-refractivity contribution < 1.29 is 32.2 Å². The molecule has 132 valence electrons. The molecule has 0 bridgehead atoms.